The SMILES string of the molecule is CCNC(Cc1cc(C)nn1CC)C1(C)CCCC1. The number of likely N-dealkylation sites (N-methyl/N-ethyl adjacent to an activating group) is 1. The minimum Gasteiger partial charge on any atom is -0.313 e. The van der Waals surface area contributed by atoms with Crippen LogP contribution in [-0.2, 0) is 13.0 Å². The average Bonchev–Trinajstić information content (AvgIpc) is 2.96. The van der Waals surface area contributed by atoms with Crippen molar-refractivity contribution in [3.8, 4) is 0 Å². The van der Waals surface area contributed by atoms with Crippen molar-refractivity contribution in [3.63, 3.8) is 0 Å². The molecule has 3 nitrogen and oxygen atoms in total. The van der Waals surface area contributed by atoms with Crippen LogP contribution in [0.4, 0.5) is 0 Å². The highest BCUT2D eigenvalue weighted by atomic mass is 15.3. The summed E-state index contributed by atoms with van der Waals surface area (Å²) >= 11 is 0. The van der Waals surface area contributed by atoms with Crippen molar-refractivity contribution in [3.05, 3.63) is 17.5 Å². The van der Waals surface area contributed by atoms with Crippen molar-refractivity contribution in [2.75, 3.05) is 6.54 Å². The monoisotopic (exact) mass is 263 g/mol. The molecule has 0 amide bonds. The average molecular weight is 263 g/mol. The van der Waals surface area contributed by atoms with Crippen LogP contribution >= 0.6 is 0 Å². The fourth-order valence-corrected chi connectivity index (χ4v) is 3.59. The van der Waals surface area contributed by atoms with Gasteiger partial charge in [0.25, 0.3) is 0 Å². The Kier molecular flexibility index (Phi) is 4.67. The van der Waals surface area contributed by atoms with Gasteiger partial charge in [-0.3, -0.25) is 4.68 Å². The maximum Gasteiger partial charge on any atom is 0.0596 e. The standard InChI is InChI=1S/C16H29N3/c1-5-17-15(16(4)9-7-8-10-16)12-14-11-13(3)18-19(14)6-2/h11,15,17H,5-10,12H2,1-4H3. The smallest absolute Gasteiger partial charge is 0.0596 e. The second kappa shape index (κ2) is 6.08. The van der Waals surface area contributed by atoms with Crippen molar-refractivity contribution in [1.29, 1.82) is 0 Å². The minimum absolute atomic E-state index is 0.465. The molecular weight excluding hydrogens is 234 g/mol. The van der Waals surface area contributed by atoms with E-state index < -0.39 is 0 Å². The lowest BCUT2D eigenvalue weighted by atomic mass is 9.78. The molecule has 0 bridgehead atoms. The first-order valence-corrected chi connectivity index (χ1v) is 7.85. The molecule has 1 aliphatic rings. The van der Waals surface area contributed by atoms with E-state index in [4.69, 9.17) is 0 Å². The van der Waals surface area contributed by atoms with Gasteiger partial charge in [0.2, 0.25) is 0 Å². The highest BCUT2D eigenvalue weighted by Crippen LogP contribution is 2.41. The molecular formula is C16H29N3. The Balaban J connectivity index is 2.15. The molecule has 0 aromatic carbocycles. The number of nitrogens with one attached hydrogen (secondary N) is 1. The van der Waals surface area contributed by atoms with Crippen LogP contribution in [0.25, 0.3) is 0 Å². The molecule has 1 heterocycles. The van der Waals surface area contributed by atoms with E-state index in [0.717, 1.165) is 25.2 Å². The van der Waals surface area contributed by atoms with E-state index in [-0.39, 0.29) is 0 Å². The van der Waals surface area contributed by atoms with Crippen LogP contribution < -0.4 is 5.32 Å². The van der Waals surface area contributed by atoms with E-state index in [1.165, 1.54) is 31.4 Å². The van der Waals surface area contributed by atoms with E-state index >= 15 is 0 Å². The highest BCUT2D eigenvalue weighted by Gasteiger charge is 2.36. The van der Waals surface area contributed by atoms with Gasteiger partial charge in [-0.1, -0.05) is 26.7 Å². The Labute approximate surface area is 117 Å². The minimum atomic E-state index is 0.465. The predicted octanol–water partition coefficient (Wildman–Crippen LogP) is 3.31. The van der Waals surface area contributed by atoms with Crippen LogP contribution in [0.1, 0.15) is 57.8 Å². The molecule has 0 aliphatic heterocycles. The lowest BCUT2D eigenvalue weighted by molar-refractivity contribution is 0.219. The first-order valence-electron chi connectivity index (χ1n) is 7.85. The van der Waals surface area contributed by atoms with E-state index in [0.29, 0.717) is 11.5 Å². The van der Waals surface area contributed by atoms with Crippen molar-refractivity contribution in [2.45, 2.75) is 72.4 Å². The second-order valence-corrected chi connectivity index (χ2v) is 6.27. The van der Waals surface area contributed by atoms with Gasteiger partial charge in [-0.25, -0.2) is 0 Å². The van der Waals surface area contributed by atoms with Gasteiger partial charge in [0, 0.05) is 24.7 Å². The molecule has 1 aromatic heterocycles. The number of rotatable bonds is 6. The molecule has 0 saturated heterocycles. The van der Waals surface area contributed by atoms with Crippen molar-refractivity contribution < 1.29 is 0 Å². The van der Waals surface area contributed by atoms with Gasteiger partial charge in [-0.05, 0) is 44.7 Å². The molecule has 1 unspecified atom stereocenters. The molecule has 3 heteroatoms. The maximum atomic E-state index is 4.58. The zero-order valence-electron chi connectivity index (χ0n) is 13.0. The number of hydrogen-bond donors (Lipinski definition) is 1. The summed E-state index contributed by atoms with van der Waals surface area (Å²) in [6.07, 6.45) is 6.63. The molecule has 1 saturated carbocycles. The van der Waals surface area contributed by atoms with Gasteiger partial charge in [0.05, 0.1) is 5.69 Å². The Morgan fingerprint density at radius 3 is 2.63 bits per heavy atom. The van der Waals surface area contributed by atoms with Crippen LogP contribution in [-0.4, -0.2) is 22.4 Å². The summed E-state index contributed by atoms with van der Waals surface area (Å²) in [5, 5.41) is 8.31. The molecule has 108 valence electrons. The van der Waals surface area contributed by atoms with Gasteiger partial charge in [0.1, 0.15) is 0 Å². The lowest BCUT2D eigenvalue weighted by Gasteiger charge is -2.35. The normalized spacial score (nSPS) is 19.8. The largest absolute Gasteiger partial charge is 0.313 e. The van der Waals surface area contributed by atoms with Crippen molar-refractivity contribution >= 4 is 0 Å². The van der Waals surface area contributed by atoms with Crippen LogP contribution in [0, 0.1) is 12.3 Å². The Morgan fingerprint density at radius 1 is 1.37 bits per heavy atom. The van der Waals surface area contributed by atoms with E-state index in [1.54, 1.807) is 0 Å². The number of nitrogens with zero attached hydrogens (tertiary/aromatic N) is 2. The molecule has 2 rings (SSSR count). The van der Waals surface area contributed by atoms with Gasteiger partial charge >= 0.3 is 0 Å². The molecule has 0 radical (unpaired) electrons. The Morgan fingerprint density at radius 2 is 2.05 bits per heavy atom. The van der Waals surface area contributed by atoms with Crippen LogP contribution in [0.5, 0.6) is 0 Å². The third-order valence-corrected chi connectivity index (χ3v) is 4.74. The topological polar surface area (TPSA) is 29.9 Å². The van der Waals surface area contributed by atoms with Crippen molar-refractivity contribution in [2.24, 2.45) is 5.41 Å². The third kappa shape index (κ3) is 3.19. The van der Waals surface area contributed by atoms with Gasteiger partial charge in [-0.2, -0.15) is 5.10 Å². The van der Waals surface area contributed by atoms with Crippen LogP contribution in [0.2, 0.25) is 0 Å². The predicted molar refractivity (Wildman–Crippen MR) is 80.4 cm³/mol. The fraction of sp³-hybridized carbons (Fsp3) is 0.812. The maximum absolute atomic E-state index is 4.58. The van der Waals surface area contributed by atoms with Crippen LogP contribution in [0.3, 0.4) is 0 Å². The second-order valence-electron chi connectivity index (χ2n) is 6.27. The number of aryl methyl sites for hydroxylation is 2. The van der Waals surface area contributed by atoms with Gasteiger partial charge < -0.3 is 5.32 Å². The van der Waals surface area contributed by atoms with Gasteiger partial charge in [-0.15, -0.1) is 0 Å². The summed E-state index contributed by atoms with van der Waals surface area (Å²) in [5.41, 5.74) is 3.00. The first kappa shape index (κ1) is 14.6. The quantitative estimate of drug-likeness (QED) is 0.853. The van der Waals surface area contributed by atoms with E-state index in [1.807, 2.05) is 0 Å². The Bertz CT molecular complexity index is 402. The summed E-state index contributed by atoms with van der Waals surface area (Å²) in [7, 11) is 0. The lowest BCUT2D eigenvalue weighted by Crippen LogP contribution is -2.44. The summed E-state index contributed by atoms with van der Waals surface area (Å²) < 4.78 is 2.16. The molecule has 1 atom stereocenters. The van der Waals surface area contributed by atoms with Crippen LogP contribution in [0.15, 0.2) is 6.07 Å². The van der Waals surface area contributed by atoms with Gasteiger partial charge in [0.15, 0.2) is 0 Å². The molecule has 0 spiro atoms. The molecule has 19 heavy (non-hydrogen) atoms. The fourth-order valence-electron chi connectivity index (χ4n) is 3.59. The first-order chi connectivity index (χ1) is 9.09. The third-order valence-electron chi connectivity index (χ3n) is 4.74. The number of hydrogen-bond acceptors (Lipinski definition) is 2. The summed E-state index contributed by atoms with van der Waals surface area (Å²) in [6.45, 7) is 11.0. The molecule has 1 aliphatic carbocycles. The summed E-state index contributed by atoms with van der Waals surface area (Å²) in [4.78, 5) is 0. The van der Waals surface area contributed by atoms with Crippen molar-refractivity contribution in [1.82, 2.24) is 15.1 Å². The molecule has 1 N–H and O–H groups in total. The zero-order valence-corrected chi connectivity index (χ0v) is 13.0. The molecule has 1 aromatic rings. The molecule has 1 fully saturated rings. The number of aromatic nitrogens is 2. The summed E-state index contributed by atoms with van der Waals surface area (Å²) in [5.74, 6) is 0. The highest BCUT2D eigenvalue weighted by molar-refractivity contribution is 5.12. The zero-order chi connectivity index (χ0) is 13.9. The summed E-state index contributed by atoms with van der Waals surface area (Å²) in [6, 6.07) is 2.84. The Hall–Kier alpha value is -0.830. The van der Waals surface area contributed by atoms with E-state index in [2.05, 4.69) is 48.9 Å². The van der Waals surface area contributed by atoms with E-state index in [9.17, 15) is 0 Å².